The molecule has 4 nitrogen and oxygen atoms in total. The molecule has 1 N–H and O–H groups in total. The highest BCUT2D eigenvalue weighted by Gasteiger charge is 2.31. The predicted octanol–water partition coefficient (Wildman–Crippen LogP) is 2.37. The second-order valence-electron chi connectivity index (χ2n) is 5.78. The molecule has 110 valence electrons. The zero-order valence-electron chi connectivity index (χ0n) is 11.7. The molecule has 1 amide bonds. The first-order valence-corrected chi connectivity index (χ1v) is 7.42. The molecule has 1 saturated heterocycles. The summed E-state index contributed by atoms with van der Waals surface area (Å²) in [4.78, 5) is 17.6. The maximum absolute atomic E-state index is 13.3. The lowest BCUT2D eigenvalue weighted by Gasteiger charge is -2.29. The Balaban J connectivity index is 1.64. The van der Waals surface area contributed by atoms with Crippen LogP contribution in [0.1, 0.15) is 24.1 Å². The minimum atomic E-state index is -0.269. The fourth-order valence-corrected chi connectivity index (χ4v) is 3.36. The lowest BCUT2D eigenvalue weighted by molar-refractivity contribution is -0.141. The molecule has 1 unspecified atom stereocenters. The van der Waals surface area contributed by atoms with Crippen molar-refractivity contribution < 1.29 is 13.9 Å². The Kier molecular flexibility index (Phi) is 2.96. The summed E-state index contributed by atoms with van der Waals surface area (Å²) in [6.07, 6.45) is 2.29. The van der Waals surface area contributed by atoms with Crippen molar-refractivity contribution in [3.05, 3.63) is 35.3 Å². The Bertz CT molecular complexity index is 704. The number of ether oxygens (including phenoxy) is 1. The van der Waals surface area contributed by atoms with Crippen LogP contribution < -0.4 is 0 Å². The van der Waals surface area contributed by atoms with Crippen molar-refractivity contribution in [1.29, 1.82) is 0 Å². The van der Waals surface area contributed by atoms with E-state index in [0.29, 0.717) is 19.7 Å². The van der Waals surface area contributed by atoms with E-state index >= 15 is 0 Å². The number of aromatic nitrogens is 1. The van der Waals surface area contributed by atoms with Crippen molar-refractivity contribution in [3.8, 4) is 0 Å². The van der Waals surface area contributed by atoms with Crippen LogP contribution in [0.2, 0.25) is 0 Å². The molecular formula is C16H17FN2O2. The van der Waals surface area contributed by atoms with Crippen molar-refractivity contribution >= 4 is 16.8 Å². The van der Waals surface area contributed by atoms with E-state index in [1.165, 1.54) is 12.1 Å². The number of nitrogens with zero attached hydrogens (tertiary/aromatic N) is 1. The molecular weight excluding hydrogens is 271 g/mol. The van der Waals surface area contributed by atoms with Crippen LogP contribution in [-0.2, 0) is 22.5 Å². The van der Waals surface area contributed by atoms with Gasteiger partial charge in [0.1, 0.15) is 11.9 Å². The Morgan fingerprint density at radius 3 is 3.14 bits per heavy atom. The summed E-state index contributed by atoms with van der Waals surface area (Å²) < 4.78 is 18.8. The molecule has 1 fully saturated rings. The highest BCUT2D eigenvalue weighted by atomic mass is 19.1. The molecule has 0 spiro atoms. The Labute approximate surface area is 121 Å². The number of fused-ring (bicyclic) bond motifs is 3. The SMILES string of the molecule is O=C(C1CCCO1)N1CCc2[nH]c3cc(F)ccc3c2C1. The molecule has 2 aliphatic rings. The van der Waals surface area contributed by atoms with Crippen LogP contribution in [0.5, 0.6) is 0 Å². The number of carbonyl (C=O) groups is 1. The van der Waals surface area contributed by atoms with Crippen molar-refractivity contribution in [1.82, 2.24) is 9.88 Å². The minimum Gasteiger partial charge on any atom is -0.368 e. The zero-order valence-corrected chi connectivity index (χ0v) is 11.7. The molecule has 2 aliphatic heterocycles. The van der Waals surface area contributed by atoms with Gasteiger partial charge in [0.05, 0.1) is 0 Å². The van der Waals surface area contributed by atoms with Crippen molar-refractivity contribution in [2.75, 3.05) is 13.2 Å². The van der Waals surface area contributed by atoms with Gasteiger partial charge in [0.25, 0.3) is 5.91 Å². The molecule has 0 bridgehead atoms. The molecule has 1 aromatic heterocycles. The average molecular weight is 288 g/mol. The second-order valence-corrected chi connectivity index (χ2v) is 5.78. The van der Waals surface area contributed by atoms with E-state index < -0.39 is 0 Å². The van der Waals surface area contributed by atoms with E-state index in [2.05, 4.69) is 4.98 Å². The monoisotopic (exact) mass is 288 g/mol. The fourth-order valence-electron chi connectivity index (χ4n) is 3.36. The molecule has 21 heavy (non-hydrogen) atoms. The molecule has 3 heterocycles. The quantitative estimate of drug-likeness (QED) is 0.875. The normalized spacial score (nSPS) is 21.8. The first-order chi connectivity index (χ1) is 10.2. The number of carbonyl (C=O) groups excluding carboxylic acids is 1. The van der Waals surface area contributed by atoms with Crippen LogP contribution in [0.25, 0.3) is 10.9 Å². The zero-order chi connectivity index (χ0) is 14.4. The van der Waals surface area contributed by atoms with Gasteiger partial charge in [-0.3, -0.25) is 4.79 Å². The number of benzene rings is 1. The average Bonchev–Trinajstić information content (AvgIpc) is 3.12. The number of H-pyrrole nitrogens is 1. The summed E-state index contributed by atoms with van der Waals surface area (Å²) in [5.74, 6) is -0.150. The Hall–Kier alpha value is -1.88. The lowest BCUT2D eigenvalue weighted by Crippen LogP contribution is -2.41. The van der Waals surface area contributed by atoms with Crippen molar-refractivity contribution in [2.24, 2.45) is 0 Å². The number of rotatable bonds is 1. The molecule has 1 aromatic carbocycles. The van der Waals surface area contributed by atoms with Gasteiger partial charge in [-0.2, -0.15) is 0 Å². The highest BCUT2D eigenvalue weighted by molar-refractivity contribution is 5.87. The summed E-state index contributed by atoms with van der Waals surface area (Å²) in [6, 6.07) is 4.78. The number of aromatic amines is 1. The summed E-state index contributed by atoms with van der Waals surface area (Å²) in [5, 5.41) is 1.01. The van der Waals surface area contributed by atoms with E-state index in [0.717, 1.165) is 41.4 Å². The van der Waals surface area contributed by atoms with E-state index in [9.17, 15) is 9.18 Å². The van der Waals surface area contributed by atoms with Crippen LogP contribution in [0.3, 0.4) is 0 Å². The van der Waals surface area contributed by atoms with Gasteiger partial charge in [-0.25, -0.2) is 4.39 Å². The number of hydrogen-bond acceptors (Lipinski definition) is 2. The van der Waals surface area contributed by atoms with Crippen LogP contribution in [0, 0.1) is 5.82 Å². The smallest absolute Gasteiger partial charge is 0.252 e. The third-order valence-corrected chi connectivity index (χ3v) is 4.45. The van der Waals surface area contributed by atoms with E-state index in [1.807, 2.05) is 4.90 Å². The number of amides is 1. The van der Waals surface area contributed by atoms with Crippen LogP contribution >= 0.6 is 0 Å². The van der Waals surface area contributed by atoms with Crippen LogP contribution in [0.15, 0.2) is 18.2 Å². The van der Waals surface area contributed by atoms with Gasteiger partial charge in [0.15, 0.2) is 0 Å². The maximum atomic E-state index is 13.3. The third-order valence-electron chi connectivity index (χ3n) is 4.45. The first kappa shape index (κ1) is 12.8. The first-order valence-electron chi connectivity index (χ1n) is 7.42. The minimum absolute atomic E-state index is 0.0922. The molecule has 4 rings (SSSR count). The topological polar surface area (TPSA) is 45.3 Å². The van der Waals surface area contributed by atoms with E-state index in [4.69, 9.17) is 4.74 Å². The fraction of sp³-hybridized carbons (Fsp3) is 0.438. The molecule has 0 saturated carbocycles. The van der Waals surface area contributed by atoms with Crippen LogP contribution in [0.4, 0.5) is 4.39 Å². The van der Waals surface area contributed by atoms with Gasteiger partial charge >= 0.3 is 0 Å². The molecule has 2 aromatic rings. The summed E-state index contributed by atoms with van der Waals surface area (Å²) in [7, 11) is 0. The number of hydrogen-bond donors (Lipinski definition) is 1. The second kappa shape index (κ2) is 4.84. The van der Waals surface area contributed by atoms with Gasteiger partial charge in [0, 0.05) is 48.3 Å². The van der Waals surface area contributed by atoms with Gasteiger partial charge in [-0.05, 0) is 31.0 Å². The largest absolute Gasteiger partial charge is 0.368 e. The maximum Gasteiger partial charge on any atom is 0.252 e. The van der Waals surface area contributed by atoms with Gasteiger partial charge in [-0.1, -0.05) is 0 Å². The molecule has 1 atom stereocenters. The van der Waals surface area contributed by atoms with Crippen molar-refractivity contribution in [3.63, 3.8) is 0 Å². The number of halogens is 1. The summed E-state index contributed by atoms with van der Waals surface area (Å²) >= 11 is 0. The van der Waals surface area contributed by atoms with Crippen molar-refractivity contribution in [2.45, 2.75) is 31.9 Å². The summed E-state index contributed by atoms with van der Waals surface area (Å²) in [5.41, 5.74) is 3.04. The molecule has 5 heteroatoms. The Morgan fingerprint density at radius 2 is 2.33 bits per heavy atom. The standard InChI is InChI=1S/C16H17FN2O2/c17-10-3-4-11-12-9-19(16(20)15-2-1-7-21-15)6-5-13(12)18-14(11)8-10/h3-4,8,15,18H,1-2,5-7,9H2. The van der Waals surface area contributed by atoms with E-state index in [1.54, 1.807) is 6.07 Å². The van der Waals surface area contributed by atoms with Gasteiger partial charge < -0.3 is 14.6 Å². The lowest BCUT2D eigenvalue weighted by atomic mass is 10.0. The molecule has 0 aliphatic carbocycles. The van der Waals surface area contributed by atoms with Gasteiger partial charge in [-0.15, -0.1) is 0 Å². The number of nitrogens with one attached hydrogen (secondary N) is 1. The molecule has 0 radical (unpaired) electrons. The van der Waals surface area contributed by atoms with Gasteiger partial charge in [0.2, 0.25) is 0 Å². The highest BCUT2D eigenvalue weighted by Crippen LogP contribution is 2.29. The van der Waals surface area contributed by atoms with E-state index in [-0.39, 0.29) is 17.8 Å². The van der Waals surface area contributed by atoms with Crippen LogP contribution in [-0.4, -0.2) is 35.0 Å². The summed E-state index contributed by atoms with van der Waals surface area (Å²) in [6.45, 7) is 1.96. The third kappa shape index (κ3) is 2.12. The Morgan fingerprint density at radius 1 is 1.43 bits per heavy atom. The predicted molar refractivity (Wildman–Crippen MR) is 76.4 cm³/mol.